The van der Waals surface area contributed by atoms with Crippen LogP contribution in [0, 0.1) is 0 Å². The summed E-state index contributed by atoms with van der Waals surface area (Å²) >= 11 is 0. The summed E-state index contributed by atoms with van der Waals surface area (Å²) in [6, 6.07) is 6.94. The molecule has 0 aromatic heterocycles. The Morgan fingerprint density at radius 3 is 1.95 bits per heavy atom. The Balaban J connectivity index is 1.98. The first kappa shape index (κ1) is 17.5. The van der Waals surface area contributed by atoms with Gasteiger partial charge in [-0.15, -0.1) is 0 Å². The largest absolute Gasteiger partial charge is 0.478 e. The van der Waals surface area contributed by atoms with E-state index in [1.54, 1.807) is 12.1 Å². The molecule has 0 aliphatic rings. The smallest absolute Gasteiger partial charge is 0.335 e. The Labute approximate surface area is 128 Å². The minimum absolute atomic E-state index is 0.337. The number of anilines is 1. The highest BCUT2D eigenvalue weighted by molar-refractivity contribution is 5.87. The molecule has 3 nitrogen and oxygen atoms in total. The summed E-state index contributed by atoms with van der Waals surface area (Å²) in [4.78, 5) is 10.7. The minimum atomic E-state index is -0.875. The van der Waals surface area contributed by atoms with Crippen molar-refractivity contribution in [2.75, 3.05) is 11.9 Å². The van der Waals surface area contributed by atoms with E-state index in [1.807, 2.05) is 12.1 Å². The van der Waals surface area contributed by atoms with E-state index in [9.17, 15) is 4.79 Å². The van der Waals surface area contributed by atoms with E-state index in [-0.39, 0.29) is 0 Å². The maximum atomic E-state index is 10.7. The molecule has 0 heterocycles. The number of carbonyl (C=O) groups is 1. The van der Waals surface area contributed by atoms with E-state index in [2.05, 4.69) is 12.2 Å². The summed E-state index contributed by atoms with van der Waals surface area (Å²) in [7, 11) is 0. The number of carboxylic acid groups (broad SMARTS) is 1. The van der Waals surface area contributed by atoms with E-state index >= 15 is 0 Å². The average molecular weight is 291 g/mol. The van der Waals surface area contributed by atoms with Crippen LogP contribution >= 0.6 is 0 Å². The van der Waals surface area contributed by atoms with Gasteiger partial charge in [-0.25, -0.2) is 4.79 Å². The molecule has 3 heteroatoms. The monoisotopic (exact) mass is 291 g/mol. The van der Waals surface area contributed by atoms with Crippen molar-refractivity contribution in [2.45, 2.75) is 64.7 Å². The van der Waals surface area contributed by atoms with Gasteiger partial charge in [0, 0.05) is 12.2 Å². The van der Waals surface area contributed by atoms with Gasteiger partial charge in [0.2, 0.25) is 0 Å². The zero-order valence-electron chi connectivity index (χ0n) is 13.2. The van der Waals surface area contributed by atoms with Crippen LogP contribution in [-0.2, 0) is 0 Å². The van der Waals surface area contributed by atoms with Gasteiger partial charge in [-0.1, -0.05) is 58.3 Å². The quantitative estimate of drug-likeness (QED) is 0.512. The van der Waals surface area contributed by atoms with Crippen molar-refractivity contribution in [1.82, 2.24) is 0 Å². The van der Waals surface area contributed by atoms with Crippen LogP contribution in [-0.4, -0.2) is 17.6 Å². The number of unbranched alkanes of at least 4 members (excludes halogenated alkanes) is 8. The molecule has 0 bridgehead atoms. The van der Waals surface area contributed by atoms with Crippen LogP contribution in [0.25, 0.3) is 0 Å². The molecule has 0 aliphatic carbocycles. The number of nitrogens with one attached hydrogen (secondary N) is 1. The summed E-state index contributed by atoms with van der Waals surface area (Å²) in [6.07, 6.45) is 12.0. The lowest BCUT2D eigenvalue weighted by Crippen LogP contribution is -2.02. The number of aromatic carboxylic acids is 1. The first-order valence-electron chi connectivity index (χ1n) is 8.31. The van der Waals surface area contributed by atoms with E-state index in [0.29, 0.717) is 5.56 Å². The maximum Gasteiger partial charge on any atom is 0.335 e. The lowest BCUT2D eigenvalue weighted by Gasteiger charge is -2.06. The van der Waals surface area contributed by atoms with Crippen molar-refractivity contribution in [3.05, 3.63) is 29.8 Å². The van der Waals surface area contributed by atoms with Gasteiger partial charge in [-0.3, -0.25) is 0 Å². The second-order valence-electron chi connectivity index (χ2n) is 5.64. The molecule has 0 spiro atoms. The summed E-state index contributed by atoms with van der Waals surface area (Å²) in [6.45, 7) is 3.21. The fraction of sp³-hybridized carbons (Fsp3) is 0.611. The Morgan fingerprint density at radius 1 is 0.905 bits per heavy atom. The number of rotatable bonds is 12. The summed E-state index contributed by atoms with van der Waals surface area (Å²) in [5, 5.41) is 12.2. The third-order valence-corrected chi connectivity index (χ3v) is 3.74. The first-order chi connectivity index (χ1) is 10.2. The fourth-order valence-electron chi connectivity index (χ4n) is 2.40. The van der Waals surface area contributed by atoms with Crippen LogP contribution in [0.2, 0.25) is 0 Å². The molecule has 0 radical (unpaired) electrons. The molecule has 0 atom stereocenters. The molecule has 2 N–H and O–H groups in total. The van der Waals surface area contributed by atoms with Gasteiger partial charge in [-0.05, 0) is 30.7 Å². The predicted octanol–water partition coefficient (Wildman–Crippen LogP) is 5.33. The van der Waals surface area contributed by atoms with Crippen molar-refractivity contribution >= 4 is 11.7 Å². The molecular weight excluding hydrogens is 262 g/mol. The van der Waals surface area contributed by atoms with Gasteiger partial charge in [-0.2, -0.15) is 0 Å². The molecule has 0 saturated heterocycles. The number of carboxylic acids is 1. The third-order valence-electron chi connectivity index (χ3n) is 3.74. The highest BCUT2D eigenvalue weighted by atomic mass is 16.4. The molecule has 0 aliphatic heterocycles. The van der Waals surface area contributed by atoms with Crippen LogP contribution in [0.4, 0.5) is 5.69 Å². The molecule has 118 valence electrons. The maximum absolute atomic E-state index is 10.7. The number of hydrogen-bond acceptors (Lipinski definition) is 2. The standard InChI is InChI=1S/C18H29NO2/c1-2-3-4-5-6-7-8-9-10-15-19-17-13-11-16(12-14-17)18(20)21/h11-14,19H,2-10,15H2,1H3,(H,20,21). The fourth-order valence-corrected chi connectivity index (χ4v) is 2.40. The summed E-state index contributed by atoms with van der Waals surface area (Å²) in [5.74, 6) is -0.875. The van der Waals surface area contributed by atoms with Crippen LogP contribution in [0.15, 0.2) is 24.3 Å². The molecule has 1 rings (SSSR count). The van der Waals surface area contributed by atoms with Gasteiger partial charge in [0.25, 0.3) is 0 Å². The Kier molecular flexibility index (Phi) is 9.34. The van der Waals surface area contributed by atoms with Crippen molar-refractivity contribution in [3.8, 4) is 0 Å². The van der Waals surface area contributed by atoms with Crippen LogP contribution in [0.3, 0.4) is 0 Å². The van der Waals surface area contributed by atoms with Crippen molar-refractivity contribution in [1.29, 1.82) is 0 Å². The van der Waals surface area contributed by atoms with E-state index < -0.39 is 5.97 Å². The molecular formula is C18H29NO2. The van der Waals surface area contributed by atoms with Gasteiger partial charge in [0.1, 0.15) is 0 Å². The van der Waals surface area contributed by atoms with Crippen molar-refractivity contribution in [3.63, 3.8) is 0 Å². The number of benzene rings is 1. The summed E-state index contributed by atoms with van der Waals surface area (Å²) < 4.78 is 0. The predicted molar refractivity (Wildman–Crippen MR) is 89.1 cm³/mol. The molecule has 0 saturated carbocycles. The topological polar surface area (TPSA) is 49.3 Å². The highest BCUT2D eigenvalue weighted by Gasteiger charge is 2.00. The molecule has 1 aromatic rings. The summed E-state index contributed by atoms with van der Waals surface area (Å²) in [5.41, 5.74) is 1.34. The van der Waals surface area contributed by atoms with Gasteiger partial charge in [0.15, 0.2) is 0 Å². The molecule has 1 aromatic carbocycles. The van der Waals surface area contributed by atoms with Crippen molar-refractivity contribution < 1.29 is 9.90 Å². The zero-order chi connectivity index (χ0) is 15.3. The average Bonchev–Trinajstić information content (AvgIpc) is 2.49. The lowest BCUT2D eigenvalue weighted by molar-refractivity contribution is 0.0697. The lowest BCUT2D eigenvalue weighted by atomic mass is 10.1. The Bertz CT molecular complexity index is 387. The SMILES string of the molecule is CCCCCCCCCCCNc1ccc(C(=O)O)cc1. The van der Waals surface area contributed by atoms with Crippen LogP contribution in [0.1, 0.15) is 75.1 Å². The van der Waals surface area contributed by atoms with Crippen LogP contribution in [0.5, 0.6) is 0 Å². The zero-order valence-corrected chi connectivity index (χ0v) is 13.2. The van der Waals surface area contributed by atoms with Gasteiger partial charge < -0.3 is 10.4 Å². The normalized spacial score (nSPS) is 10.5. The molecule has 0 unspecified atom stereocenters. The van der Waals surface area contributed by atoms with E-state index in [1.165, 1.54) is 57.8 Å². The molecule has 0 fully saturated rings. The van der Waals surface area contributed by atoms with E-state index in [4.69, 9.17) is 5.11 Å². The minimum Gasteiger partial charge on any atom is -0.478 e. The molecule has 21 heavy (non-hydrogen) atoms. The third kappa shape index (κ3) is 8.38. The van der Waals surface area contributed by atoms with Gasteiger partial charge >= 0.3 is 5.97 Å². The Hall–Kier alpha value is -1.51. The first-order valence-corrected chi connectivity index (χ1v) is 8.31. The highest BCUT2D eigenvalue weighted by Crippen LogP contribution is 2.11. The number of hydrogen-bond donors (Lipinski definition) is 2. The van der Waals surface area contributed by atoms with Gasteiger partial charge in [0.05, 0.1) is 5.56 Å². The van der Waals surface area contributed by atoms with Crippen molar-refractivity contribution in [2.24, 2.45) is 0 Å². The Morgan fingerprint density at radius 2 is 1.43 bits per heavy atom. The second-order valence-corrected chi connectivity index (χ2v) is 5.64. The second kappa shape index (κ2) is 11.2. The van der Waals surface area contributed by atoms with E-state index in [0.717, 1.165) is 12.2 Å². The van der Waals surface area contributed by atoms with Crippen LogP contribution < -0.4 is 5.32 Å². The molecule has 0 amide bonds.